The maximum Gasteiger partial charge on any atom is 0.185 e. The van der Waals surface area contributed by atoms with Gasteiger partial charge in [-0.3, -0.25) is 4.99 Å². The van der Waals surface area contributed by atoms with Crippen LogP contribution in [0.1, 0.15) is 12.8 Å². The van der Waals surface area contributed by atoms with Gasteiger partial charge in [0.25, 0.3) is 0 Å². The number of nitrogens with zero attached hydrogens (tertiary/aromatic N) is 1. The van der Waals surface area contributed by atoms with Crippen LogP contribution in [0.3, 0.4) is 0 Å². The molecular formula is C6H21ClN6O2. The number of quaternary nitrogens is 2. The van der Waals surface area contributed by atoms with E-state index in [1.165, 1.54) is 0 Å². The number of nitrogens with two attached hydrogens (primary N) is 3. The molecule has 9 heteroatoms. The lowest BCUT2D eigenvalue weighted by Crippen LogP contribution is -3.00. The standard InChI is InChI=1S/C6H14N4O2.ClH.2H3N/c7-4(5(11)12)2-1-3-10-6(8)9;;;/h4H,1-3,7H2,(H,11,12)(H4,8,9,10);1H;2*1H3/t4-;;;/m0.../s1. The Morgan fingerprint density at radius 1 is 1.33 bits per heavy atom. The first kappa shape index (κ1) is 23.6. The van der Waals surface area contributed by atoms with Gasteiger partial charge in [0.2, 0.25) is 0 Å². The molecule has 0 unspecified atom stereocenters. The van der Waals surface area contributed by atoms with Crippen molar-refractivity contribution in [2.24, 2.45) is 22.2 Å². The molecule has 94 valence electrons. The summed E-state index contributed by atoms with van der Waals surface area (Å²) in [4.78, 5) is 13.8. The fourth-order valence-electron chi connectivity index (χ4n) is 0.637. The van der Waals surface area contributed by atoms with Crippen molar-refractivity contribution >= 4 is 11.9 Å². The van der Waals surface area contributed by atoms with Crippen molar-refractivity contribution in [2.45, 2.75) is 18.9 Å². The van der Waals surface area contributed by atoms with Crippen LogP contribution in [-0.2, 0) is 4.79 Å². The predicted octanol–water partition coefficient (Wildman–Crippen LogP) is -5.13. The van der Waals surface area contributed by atoms with Gasteiger partial charge >= 0.3 is 0 Å². The Morgan fingerprint density at radius 2 is 1.80 bits per heavy atom. The van der Waals surface area contributed by atoms with E-state index in [0.717, 1.165) is 0 Å². The number of aliphatic carboxylic acids is 1. The molecular weight excluding hydrogens is 224 g/mol. The van der Waals surface area contributed by atoms with Gasteiger partial charge in [-0.2, -0.15) is 0 Å². The van der Waals surface area contributed by atoms with Crippen molar-refractivity contribution in [3.05, 3.63) is 0 Å². The molecule has 0 aromatic carbocycles. The molecule has 0 heterocycles. The molecule has 8 nitrogen and oxygen atoms in total. The Hall–Kier alpha value is -1.09. The summed E-state index contributed by atoms with van der Waals surface area (Å²) in [6.45, 7) is 0.392. The third-order valence-corrected chi connectivity index (χ3v) is 1.27. The van der Waals surface area contributed by atoms with E-state index in [0.29, 0.717) is 19.4 Å². The lowest BCUT2D eigenvalue weighted by atomic mass is 10.2. The maximum atomic E-state index is 10.1. The summed E-state index contributed by atoms with van der Waals surface area (Å²) in [7, 11) is 0. The maximum absolute atomic E-state index is 10.1. The Morgan fingerprint density at radius 3 is 2.13 bits per heavy atom. The summed E-state index contributed by atoms with van der Waals surface area (Å²) >= 11 is 0. The Bertz CT molecular complexity index is 184. The summed E-state index contributed by atoms with van der Waals surface area (Å²) in [5.41, 5.74) is 15.2. The number of carboxylic acids is 1. The van der Waals surface area contributed by atoms with Gasteiger partial charge in [0.1, 0.15) is 0 Å². The van der Waals surface area contributed by atoms with Gasteiger partial charge in [-0.15, -0.1) is 0 Å². The molecule has 0 radical (unpaired) electrons. The highest BCUT2D eigenvalue weighted by Crippen LogP contribution is 1.93. The second kappa shape index (κ2) is 12.9. The normalized spacial score (nSPS) is 9.67. The molecule has 0 aliphatic heterocycles. The lowest BCUT2D eigenvalue weighted by molar-refractivity contribution is -0.307. The molecule has 0 aliphatic rings. The number of hydrogen-bond acceptors (Lipinski definition) is 4. The van der Waals surface area contributed by atoms with Crippen LogP contribution in [0.2, 0.25) is 0 Å². The highest BCUT2D eigenvalue weighted by atomic mass is 35.5. The van der Waals surface area contributed by atoms with Crippen LogP contribution in [0.4, 0.5) is 0 Å². The second-order valence-corrected chi connectivity index (χ2v) is 2.37. The smallest absolute Gasteiger partial charge is 0.185 e. The minimum absolute atomic E-state index is 0. The number of hydrogen-bond donors (Lipinski definition) is 5. The number of carbonyl (C=O) groups is 1. The van der Waals surface area contributed by atoms with E-state index in [4.69, 9.17) is 17.2 Å². The van der Waals surface area contributed by atoms with Crippen molar-refractivity contribution in [1.29, 1.82) is 0 Å². The molecule has 0 bridgehead atoms. The van der Waals surface area contributed by atoms with Gasteiger partial charge in [0, 0.05) is 12.6 Å². The first-order valence-electron chi connectivity index (χ1n) is 3.56. The van der Waals surface area contributed by atoms with E-state index in [9.17, 15) is 9.90 Å². The Labute approximate surface area is 94.9 Å². The molecule has 0 aromatic rings. The summed E-state index contributed by atoms with van der Waals surface area (Å²) in [5.74, 6) is -1.25. The zero-order valence-corrected chi connectivity index (χ0v) is 9.83. The van der Waals surface area contributed by atoms with Gasteiger partial charge in [0.15, 0.2) is 5.96 Å². The molecule has 0 rings (SSSR count). The average Bonchev–Trinajstić information content (AvgIpc) is 1.97. The van der Waals surface area contributed by atoms with Gasteiger partial charge in [-0.05, 0) is 12.8 Å². The number of halogens is 1. The monoisotopic (exact) mass is 244 g/mol. The predicted molar refractivity (Wildman–Crippen MR) is 54.9 cm³/mol. The van der Waals surface area contributed by atoms with E-state index >= 15 is 0 Å². The highest BCUT2D eigenvalue weighted by Gasteiger charge is 2.01. The van der Waals surface area contributed by atoms with Gasteiger partial charge in [0.05, 0.1) is 5.97 Å². The highest BCUT2D eigenvalue weighted by molar-refractivity contribution is 5.75. The molecule has 0 saturated carbocycles. The second-order valence-electron chi connectivity index (χ2n) is 2.37. The van der Waals surface area contributed by atoms with E-state index < -0.39 is 12.0 Å². The van der Waals surface area contributed by atoms with Gasteiger partial charge in [-0.25, -0.2) is 0 Å². The number of carboxylic acid groups (broad SMARTS) is 1. The molecule has 1 atom stereocenters. The number of guanidine groups is 1. The molecule has 14 N–H and O–H groups in total. The van der Waals surface area contributed by atoms with Crippen LogP contribution in [0.15, 0.2) is 4.99 Å². The van der Waals surface area contributed by atoms with Crippen LogP contribution in [0.5, 0.6) is 0 Å². The third-order valence-electron chi connectivity index (χ3n) is 1.27. The van der Waals surface area contributed by atoms with Gasteiger partial charge in [-0.1, -0.05) is 0 Å². The Kier molecular flexibility index (Phi) is 20.3. The summed E-state index contributed by atoms with van der Waals surface area (Å²) in [6, 6.07) is -0.931. The van der Waals surface area contributed by atoms with Crippen molar-refractivity contribution < 1.29 is 22.3 Å². The SMILES string of the molecule is NC(N)=NCCC[C@H](N)C(=O)[O-].[Cl-].[NH4+].[NH4+]. The van der Waals surface area contributed by atoms with Crippen LogP contribution < -0.4 is 47.0 Å². The average molecular weight is 245 g/mol. The van der Waals surface area contributed by atoms with Crippen LogP contribution >= 0.6 is 0 Å². The number of rotatable bonds is 5. The fourth-order valence-corrected chi connectivity index (χ4v) is 0.637. The largest absolute Gasteiger partial charge is 1.00 e. The first-order valence-corrected chi connectivity index (χ1v) is 3.56. The van der Waals surface area contributed by atoms with E-state index in [-0.39, 0.29) is 30.7 Å². The lowest BCUT2D eigenvalue weighted by Gasteiger charge is -2.10. The van der Waals surface area contributed by atoms with E-state index in [2.05, 4.69) is 4.99 Å². The van der Waals surface area contributed by atoms with Crippen LogP contribution in [0, 0.1) is 0 Å². The first-order chi connectivity index (χ1) is 5.54. The molecule has 0 amide bonds. The number of carbonyl (C=O) groups excluding carboxylic acids is 1. The molecule has 15 heavy (non-hydrogen) atoms. The quantitative estimate of drug-likeness (QED) is 0.182. The Balaban J connectivity index is -0.000000202. The van der Waals surface area contributed by atoms with Crippen molar-refractivity contribution in [3.8, 4) is 0 Å². The topological polar surface area (TPSA) is 204 Å². The summed E-state index contributed by atoms with van der Waals surface area (Å²) < 4.78 is 0. The van der Waals surface area contributed by atoms with Crippen LogP contribution in [0.25, 0.3) is 0 Å². The molecule has 0 aliphatic carbocycles. The van der Waals surface area contributed by atoms with Gasteiger partial charge < -0.3 is 51.8 Å². The minimum Gasteiger partial charge on any atom is -1.00 e. The van der Waals surface area contributed by atoms with E-state index in [1.807, 2.05) is 0 Å². The zero-order valence-electron chi connectivity index (χ0n) is 9.07. The fraction of sp³-hybridized carbons (Fsp3) is 0.667. The third kappa shape index (κ3) is 15.6. The van der Waals surface area contributed by atoms with Crippen molar-refractivity contribution in [3.63, 3.8) is 0 Å². The van der Waals surface area contributed by atoms with Crippen molar-refractivity contribution in [2.75, 3.05) is 6.54 Å². The molecule has 0 fully saturated rings. The molecule has 0 saturated heterocycles. The van der Waals surface area contributed by atoms with Crippen LogP contribution in [-0.4, -0.2) is 24.5 Å². The van der Waals surface area contributed by atoms with Crippen molar-refractivity contribution in [1.82, 2.24) is 12.3 Å². The summed E-state index contributed by atoms with van der Waals surface area (Å²) in [5, 5.41) is 10.1. The molecule has 0 aromatic heterocycles. The van der Waals surface area contributed by atoms with E-state index in [1.54, 1.807) is 0 Å². The summed E-state index contributed by atoms with van der Waals surface area (Å²) in [6.07, 6.45) is 0.853. The number of aliphatic imine (C=N–C) groups is 1. The minimum atomic E-state index is -1.25. The zero-order chi connectivity index (χ0) is 9.56. The molecule has 0 spiro atoms.